The van der Waals surface area contributed by atoms with Crippen molar-refractivity contribution in [3.05, 3.63) is 35.4 Å². The largest absolute Gasteiger partial charge is 0.545 e. The summed E-state index contributed by atoms with van der Waals surface area (Å²) in [4.78, 5) is 20.5. The number of nitrogens with two attached hydrogens (primary N) is 4. The highest BCUT2D eigenvalue weighted by Crippen LogP contribution is 2.02. The van der Waals surface area contributed by atoms with Crippen LogP contribution in [-0.4, -0.2) is 23.0 Å². The first-order chi connectivity index (χ1) is 10.7. The van der Waals surface area contributed by atoms with E-state index in [1.807, 2.05) is 0 Å². The number of quaternary nitrogens is 2. The van der Waals surface area contributed by atoms with E-state index in [1.165, 1.54) is 18.2 Å². The fraction of sp³-hybridized carbons (Fsp3) is 0.500. The van der Waals surface area contributed by atoms with Gasteiger partial charge in [0.25, 0.3) is 0 Å². The van der Waals surface area contributed by atoms with Gasteiger partial charge in [0.1, 0.15) is 11.1 Å². The standard InChI is InChI=1S/C8H6O4.2C4H12N2/c9-7(10)5-2-1-3-6(4-5)8(11)12;2*1-4(2,3)6-5/h1-4H,(H,9,10)(H,11,12);2*6H,5H2,1-3H3. The van der Waals surface area contributed by atoms with Crippen LogP contribution in [0, 0.1) is 0 Å². The van der Waals surface area contributed by atoms with Crippen LogP contribution in [0.5, 0.6) is 0 Å². The molecule has 0 aliphatic rings. The molecule has 0 amide bonds. The van der Waals surface area contributed by atoms with Crippen molar-refractivity contribution in [1.29, 1.82) is 0 Å². The fourth-order valence-electron chi connectivity index (χ4n) is 0.773. The molecular formula is C16H30N4O4. The molecule has 1 aromatic rings. The van der Waals surface area contributed by atoms with Crippen LogP contribution < -0.4 is 32.7 Å². The Labute approximate surface area is 143 Å². The van der Waals surface area contributed by atoms with Crippen molar-refractivity contribution in [2.24, 2.45) is 11.7 Å². The Morgan fingerprint density at radius 2 is 1.08 bits per heavy atom. The van der Waals surface area contributed by atoms with Crippen LogP contribution in [0.1, 0.15) is 62.3 Å². The lowest BCUT2D eigenvalue weighted by Crippen LogP contribution is -3.00. The molecule has 0 saturated carbocycles. The summed E-state index contributed by atoms with van der Waals surface area (Å²) in [6, 6.07) is 4.81. The highest BCUT2D eigenvalue weighted by molar-refractivity contribution is 5.91. The second-order valence-corrected chi connectivity index (χ2v) is 7.22. The van der Waals surface area contributed by atoms with Gasteiger partial charge in [-0.3, -0.25) is 10.9 Å². The summed E-state index contributed by atoms with van der Waals surface area (Å²) < 4.78 is 0. The zero-order chi connectivity index (χ0) is 19.6. The van der Waals surface area contributed by atoms with Gasteiger partial charge < -0.3 is 19.8 Å². The molecule has 0 bridgehead atoms. The van der Waals surface area contributed by atoms with Crippen LogP contribution in [0.3, 0.4) is 0 Å². The Kier molecular flexibility index (Phi) is 10.8. The molecule has 0 saturated heterocycles. The summed E-state index contributed by atoms with van der Waals surface area (Å²) in [7, 11) is 0. The molecule has 0 aliphatic heterocycles. The Bertz CT molecular complexity index is 476. The number of aromatic carboxylic acids is 2. The predicted octanol–water partition coefficient (Wildman–Crippen LogP) is -3.14. The number of carboxylic acids is 2. The highest BCUT2D eigenvalue weighted by atomic mass is 16.4. The molecule has 0 aromatic heterocycles. The molecule has 1 aromatic carbocycles. The Balaban J connectivity index is 0. The predicted molar refractivity (Wildman–Crippen MR) is 86.8 cm³/mol. The SMILES string of the molecule is CC(C)(C)[NH2+]N.CC(C)(C)[NH2+]N.O=C([O-])c1cccc(C(=O)[O-])c1. The monoisotopic (exact) mass is 342 g/mol. The van der Waals surface area contributed by atoms with Crippen molar-refractivity contribution in [2.75, 3.05) is 0 Å². The summed E-state index contributed by atoms with van der Waals surface area (Å²) in [5.41, 5.74) is 3.42. The van der Waals surface area contributed by atoms with Gasteiger partial charge in [-0.05, 0) is 58.7 Å². The lowest BCUT2D eigenvalue weighted by Gasteiger charge is -2.10. The van der Waals surface area contributed by atoms with E-state index in [-0.39, 0.29) is 22.2 Å². The van der Waals surface area contributed by atoms with E-state index in [9.17, 15) is 19.8 Å². The van der Waals surface area contributed by atoms with E-state index in [2.05, 4.69) is 41.5 Å². The van der Waals surface area contributed by atoms with Gasteiger partial charge in [0.15, 0.2) is 0 Å². The summed E-state index contributed by atoms with van der Waals surface area (Å²) in [5, 5.41) is 20.5. The minimum atomic E-state index is -1.40. The molecule has 0 heterocycles. The summed E-state index contributed by atoms with van der Waals surface area (Å²) in [5.74, 6) is 7.55. The number of carbonyl (C=O) groups excluding carboxylic acids is 2. The first kappa shape index (κ1) is 24.3. The van der Waals surface area contributed by atoms with Crippen LogP contribution in [-0.2, 0) is 0 Å². The molecule has 0 radical (unpaired) electrons. The maximum absolute atomic E-state index is 10.3. The summed E-state index contributed by atoms with van der Waals surface area (Å²) >= 11 is 0. The van der Waals surface area contributed by atoms with E-state index in [0.717, 1.165) is 6.07 Å². The fourth-order valence-corrected chi connectivity index (χ4v) is 0.773. The molecule has 1 rings (SSSR count). The molecule has 0 fully saturated rings. The van der Waals surface area contributed by atoms with Gasteiger partial charge in [-0.15, -0.1) is 0 Å². The highest BCUT2D eigenvalue weighted by Gasteiger charge is 2.08. The van der Waals surface area contributed by atoms with Crippen molar-refractivity contribution in [3.63, 3.8) is 0 Å². The Morgan fingerprint density at radius 1 is 0.833 bits per heavy atom. The van der Waals surface area contributed by atoms with Crippen LogP contribution in [0.2, 0.25) is 0 Å². The molecule has 24 heavy (non-hydrogen) atoms. The molecule has 0 unspecified atom stereocenters. The van der Waals surface area contributed by atoms with E-state index in [4.69, 9.17) is 11.7 Å². The van der Waals surface area contributed by atoms with E-state index in [0.29, 0.717) is 0 Å². The molecular weight excluding hydrogens is 312 g/mol. The van der Waals surface area contributed by atoms with Crippen LogP contribution >= 0.6 is 0 Å². The Morgan fingerprint density at radius 3 is 1.25 bits per heavy atom. The Hall–Kier alpha value is -2.00. The van der Waals surface area contributed by atoms with Crippen molar-refractivity contribution in [1.82, 2.24) is 0 Å². The third-order valence-electron chi connectivity index (χ3n) is 2.33. The third-order valence-corrected chi connectivity index (χ3v) is 2.33. The molecule has 0 spiro atoms. The van der Waals surface area contributed by atoms with Gasteiger partial charge in [-0.2, -0.15) is 11.7 Å². The zero-order valence-corrected chi connectivity index (χ0v) is 15.3. The quantitative estimate of drug-likeness (QED) is 0.327. The molecule has 0 atom stereocenters. The van der Waals surface area contributed by atoms with E-state index in [1.54, 1.807) is 10.9 Å². The van der Waals surface area contributed by atoms with Gasteiger partial charge in [-0.1, -0.05) is 18.2 Å². The van der Waals surface area contributed by atoms with Gasteiger partial charge >= 0.3 is 0 Å². The van der Waals surface area contributed by atoms with Crippen LogP contribution in [0.25, 0.3) is 0 Å². The number of benzene rings is 1. The topological polar surface area (TPSA) is 166 Å². The molecule has 8 heteroatoms. The van der Waals surface area contributed by atoms with Gasteiger partial charge in [-0.25, -0.2) is 0 Å². The maximum atomic E-state index is 10.3. The maximum Gasteiger partial charge on any atom is 0.105 e. The lowest BCUT2D eigenvalue weighted by molar-refractivity contribution is -0.729. The van der Waals surface area contributed by atoms with Crippen molar-refractivity contribution < 1.29 is 30.7 Å². The van der Waals surface area contributed by atoms with E-state index >= 15 is 0 Å². The van der Waals surface area contributed by atoms with E-state index < -0.39 is 11.9 Å². The molecule has 8 N–H and O–H groups in total. The van der Waals surface area contributed by atoms with Gasteiger partial charge in [0.2, 0.25) is 0 Å². The number of carboxylic acid groups (broad SMARTS) is 2. The second kappa shape index (κ2) is 10.7. The minimum absolute atomic E-state index is 0.170. The van der Waals surface area contributed by atoms with Crippen LogP contribution in [0.4, 0.5) is 0 Å². The van der Waals surface area contributed by atoms with Crippen molar-refractivity contribution >= 4 is 11.9 Å². The summed E-state index contributed by atoms with van der Waals surface area (Å²) in [6.07, 6.45) is 0. The first-order valence-electron chi connectivity index (χ1n) is 7.38. The van der Waals surface area contributed by atoms with Crippen molar-refractivity contribution in [3.8, 4) is 0 Å². The average Bonchev–Trinajstić information content (AvgIpc) is 2.47. The number of carbonyl (C=O) groups is 2. The van der Waals surface area contributed by atoms with Crippen molar-refractivity contribution in [2.45, 2.75) is 52.6 Å². The summed E-state index contributed by atoms with van der Waals surface area (Å²) in [6.45, 7) is 12.4. The molecule has 138 valence electrons. The average molecular weight is 342 g/mol. The van der Waals surface area contributed by atoms with Gasteiger partial charge in [0.05, 0.1) is 11.9 Å². The van der Waals surface area contributed by atoms with Gasteiger partial charge in [0, 0.05) is 0 Å². The second-order valence-electron chi connectivity index (χ2n) is 7.22. The smallest absolute Gasteiger partial charge is 0.105 e. The number of hydrogen-bond donors (Lipinski definition) is 4. The molecule has 8 nitrogen and oxygen atoms in total. The lowest BCUT2D eigenvalue weighted by atomic mass is 10.1. The zero-order valence-electron chi connectivity index (χ0n) is 15.3. The van der Waals surface area contributed by atoms with Crippen LogP contribution in [0.15, 0.2) is 24.3 Å². The third kappa shape index (κ3) is 14.9. The normalized spacial score (nSPS) is 10.7. The minimum Gasteiger partial charge on any atom is -0.545 e. The number of hydrogen-bond acceptors (Lipinski definition) is 6. The first-order valence-corrected chi connectivity index (χ1v) is 7.38. The molecule has 0 aliphatic carbocycles. The number of rotatable bonds is 2.